The maximum absolute atomic E-state index is 13.2. The van der Waals surface area contributed by atoms with E-state index in [0.29, 0.717) is 0 Å². The molecule has 2 amide bonds. The van der Waals surface area contributed by atoms with Gasteiger partial charge in [0.1, 0.15) is 153 Å². The number of hydrogen-bond donors (Lipinski definition) is 24. The second-order valence-electron chi connectivity index (χ2n) is 22.2. The van der Waals surface area contributed by atoms with Crippen molar-refractivity contribution < 1.29 is 184 Å². The largest absolute Gasteiger partial charge is 0.477 e. The van der Waals surface area contributed by atoms with Gasteiger partial charge in [0.15, 0.2) is 31.5 Å². The predicted molar refractivity (Wildman–Crippen MR) is 272 cm³/mol. The topological polar surface area (TPSA) is 631 Å². The first kappa shape index (κ1) is 74.1. The van der Waals surface area contributed by atoms with E-state index in [1.54, 1.807) is 0 Å². The lowest BCUT2D eigenvalue weighted by Crippen LogP contribution is -2.70. The second kappa shape index (κ2) is 31.8. The number of rotatable bonds is 26. The lowest BCUT2D eigenvalue weighted by atomic mass is 9.90. The Bertz CT molecular complexity index is 2200. The summed E-state index contributed by atoms with van der Waals surface area (Å²) < 4.78 is 69.0. The van der Waals surface area contributed by atoms with Crippen molar-refractivity contribution >= 4 is 17.8 Å². The summed E-state index contributed by atoms with van der Waals surface area (Å²) in [6, 6.07) is -3.85. The number of nitrogens with one attached hydrogen (secondary N) is 2. The molecule has 6 rings (SSSR count). The molecule has 6 aliphatic rings. The van der Waals surface area contributed by atoms with E-state index in [1.165, 1.54) is 13.8 Å². The van der Waals surface area contributed by atoms with Crippen molar-refractivity contribution in [1.29, 1.82) is 0 Å². The minimum Gasteiger partial charge on any atom is -0.477 e. The molecule has 6 aliphatic heterocycles. The van der Waals surface area contributed by atoms with Crippen LogP contribution in [-0.4, -0.2) is 384 Å². The fraction of sp³-hybridized carbons (Fsp3) is 0.939. The highest BCUT2D eigenvalue weighted by molar-refractivity contribution is 5.76. The minimum absolute atomic E-state index is 0.916. The van der Waals surface area contributed by atoms with Crippen molar-refractivity contribution in [3.63, 3.8) is 0 Å². The molecule has 39 heteroatoms. The maximum atomic E-state index is 13.2. The summed E-state index contributed by atoms with van der Waals surface area (Å²) in [4.78, 5) is 38.7. The van der Waals surface area contributed by atoms with E-state index < -0.39 is 278 Å². The molecule has 0 radical (unpaired) electrons. The normalized spacial score (nSPS) is 45.5. The summed E-state index contributed by atoms with van der Waals surface area (Å²) in [6.45, 7) is -2.70. The average molecular weight is 1290 g/mol. The van der Waals surface area contributed by atoms with Crippen LogP contribution in [0.25, 0.3) is 0 Å². The molecule has 6 fully saturated rings. The van der Waals surface area contributed by atoms with Crippen LogP contribution in [0.5, 0.6) is 0 Å². The molecular weight excluding hydrogens is 1210 g/mol. The second-order valence-corrected chi connectivity index (χ2v) is 22.2. The number of hydrogen-bond acceptors (Lipinski definition) is 36. The zero-order valence-corrected chi connectivity index (χ0v) is 47.5. The highest BCUT2D eigenvalue weighted by Gasteiger charge is 2.60. The van der Waals surface area contributed by atoms with E-state index in [0.717, 1.165) is 13.8 Å². The van der Waals surface area contributed by atoms with Gasteiger partial charge in [0.2, 0.25) is 11.8 Å². The first-order chi connectivity index (χ1) is 41.3. The van der Waals surface area contributed by atoms with Gasteiger partial charge < -0.3 is 180 Å². The number of aliphatic hydroxyl groups is 21. The number of carboxylic acids is 1. The molecule has 0 spiro atoms. The van der Waals surface area contributed by atoms with E-state index >= 15 is 0 Å². The van der Waals surface area contributed by atoms with Crippen molar-refractivity contribution in [2.45, 2.75) is 248 Å². The molecule has 24 N–H and O–H groups in total. The molecule has 6 heterocycles. The maximum Gasteiger partial charge on any atom is 0.364 e. The van der Waals surface area contributed by atoms with Crippen LogP contribution in [0.1, 0.15) is 34.1 Å². The molecule has 35 atom stereocenters. The van der Waals surface area contributed by atoms with Gasteiger partial charge in [-0.2, -0.15) is 0 Å². The SMILES string of the molecule is CC(=O)N[C@H]1[C@H](O[C@@H]([C@@H](O)[C@H](O)CO[C@]2(C(=O)O)C[C@H](O[C@@H]3O[C@@H](C)[C@@H](O)[C@@H](O)[C@@H]3O)[C@@H](O)[C@H]([C@H](O)[C@H](O)CO)O2)[C@H](CO)NC(C)=O)O[C@H](CO)[C@@H](O[C@@H]2O[C@H](CO)[C@H](O[C@H]3O[C@H](CO)[C@H](O)[C@H](O)[C@H]3O)[C@H](O)[C@H]2O[C@@H]2O[C@@H](C)[C@@H](O)[C@@H](O)[C@@H]2O)[C@@H]1O. The van der Waals surface area contributed by atoms with Gasteiger partial charge in [0.25, 0.3) is 5.79 Å². The van der Waals surface area contributed by atoms with E-state index in [-0.39, 0.29) is 0 Å². The molecule has 0 aromatic rings. The number of aliphatic hydroxyl groups excluding tert-OH is 21. The standard InChI is InChI=1S/C49H84N2O37/c1-12-24(61)31(68)34(71)44(78-12)80-19-5-49(48(75)76,88-41(29(19)66)26(63)17(59)7-53)77-11-18(60)27(64)38(16(6-52)50-14(3)57)84-43-23(51-15(4)58)30(67)39(21(9-55)82-43)86-47-42(87-45-35(72)32(69)25(62)13(2)79-45)37(74)40(22(10-56)83-47)85-46-36(73)33(70)28(65)20(8-54)81-46/h12-13,16-47,52-56,59-74H,5-11H2,1-4H3,(H,50,57)(H,51,58)(H,75,76)/t12-,13-,16-,17+,18+,19-,20+,21+,22+,23+,24+,25+,26+,27-,28-,29+,30+,31+,32+,33-,34-,35-,36+,37-,38+,39+,40-,41-,42+,43-,44-,45-,46+,47-,49+/m0/s1. The van der Waals surface area contributed by atoms with Gasteiger partial charge >= 0.3 is 5.97 Å². The zero-order valence-electron chi connectivity index (χ0n) is 47.5. The van der Waals surface area contributed by atoms with Gasteiger partial charge in [-0.15, -0.1) is 0 Å². The van der Waals surface area contributed by atoms with Crippen LogP contribution in [0.2, 0.25) is 0 Å². The summed E-state index contributed by atoms with van der Waals surface area (Å²) in [6.07, 6.45) is -65.8. The first-order valence-electron chi connectivity index (χ1n) is 27.9. The van der Waals surface area contributed by atoms with Crippen LogP contribution in [0.3, 0.4) is 0 Å². The molecular formula is C49H84N2O37. The fourth-order valence-electron chi connectivity index (χ4n) is 10.8. The Kier molecular flexibility index (Phi) is 26.8. The van der Waals surface area contributed by atoms with Crippen LogP contribution >= 0.6 is 0 Å². The van der Waals surface area contributed by atoms with Crippen LogP contribution in [0, 0.1) is 0 Å². The number of carboxylic acid groups (broad SMARTS) is 1. The van der Waals surface area contributed by atoms with Crippen LogP contribution in [0.4, 0.5) is 0 Å². The molecule has 0 bridgehead atoms. The number of ether oxygens (including phenoxy) is 12. The lowest BCUT2D eigenvalue weighted by molar-refractivity contribution is -0.399. The summed E-state index contributed by atoms with van der Waals surface area (Å²) in [5, 5.41) is 242. The molecule has 39 nitrogen and oxygen atoms in total. The third-order valence-electron chi connectivity index (χ3n) is 15.9. The zero-order chi connectivity index (χ0) is 65.7. The third kappa shape index (κ3) is 16.3. The monoisotopic (exact) mass is 1290 g/mol. The Labute approximate surface area is 499 Å². The van der Waals surface area contributed by atoms with Crippen LogP contribution in [-0.2, 0) is 71.2 Å². The number of carbonyl (C=O) groups is 3. The summed E-state index contributed by atoms with van der Waals surface area (Å²) >= 11 is 0. The summed E-state index contributed by atoms with van der Waals surface area (Å²) in [5.41, 5.74) is 0. The molecule has 512 valence electrons. The van der Waals surface area contributed by atoms with E-state index in [9.17, 15) is 127 Å². The number of carbonyl (C=O) groups excluding carboxylic acids is 2. The molecule has 0 aromatic carbocycles. The van der Waals surface area contributed by atoms with Gasteiger partial charge in [0, 0.05) is 20.3 Å². The fourth-order valence-corrected chi connectivity index (χ4v) is 10.8. The van der Waals surface area contributed by atoms with Crippen molar-refractivity contribution in [2.75, 3.05) is 39.6 Å². The van der Waals surface area contributed by atoms with Crippen LogP contribution in [0.15, 0.2) is 0 Å². The van der Waals surface area contributed by atoms with Crippen LogP contribution < -0.4 is 10.6 Å². The van der Waals surface area contributed by atoms with E-state index in [4.69, 9.17) is 56.8 Å². The van der Waals surface area contributed by atoms with E-state index in [1.807, 2.05) is 0 Å². The summed E-state index contributed by atoms with van der Waals surface area (Å²) in [5.74, 6) is -7.25. The lowest BCUT2D eigenvalue weighted by Gasteiger charge is -2.51. The molecule has 6 saturated heterocycles. The Morgan fingerprint density at radius 1 is 0.523 bits per heavy atom. The minimum atomic E-state index is -3.22. The number of aliphatic carboxylic acids is 1. The molecule has 0 aliphatic carbocycles. The Morgan fingerprint density at radius 2 is 1.00 bits per heavy atom. The molecule has 0 aromatic heterocycles. The molecule has 0 saturated carbocycles. The highest BCUT2D eigenvalue weighted by atomic mass is 16.8. The third-order valence-corrected chi connectivity index (χ3v) is 15.9. The van der Waals surface area contributed by atoms with Gasteiger partial charge in [-0.3, -0.25) is 9.59 Å². The van der Waals surface area contributed by atoms with Crippen molar-refractivity contribution in [3.8, 4) is 0 Å². The highest BCUT2D eigenvalue weighted by Crippen LogP contribution is 2.39. The molecule has 88 heavy (non-hydrogen) atoms. The van der Waals surface area contributed by atoms with Gasteiger partial charge in [0.05, 0.1) is 64.0 Å². The van der Waals surface area contributed by atoms with Gasteiger partial charge in [-0.25, -0.2) is 4.79 Å². The van der Waals surface area contributed by atoms with Gasteiger partial charge in [-0.05, 0) is 13.8 Å². The Hall–Kier alpha value is -2.91. The predicted octanol–water partition coefficient (Wildman–Crippen LogP) is -15.1. The molecule has 0 unspecified atom stereocenters. The van der Waals surface area contributed by atoms with E-state index in [2.05, 4.69) is 10.6 Å². The van der Waals surface area contributed by atoms with Crippen molar-refractivity contribution in [2.24, 2.45) is 0 Å². The Balaban J connectivity index is 1.29. The average Bonchev–Trinajstić information content (AvgIpc) is 2.08. The van der Waals surface area contributed by atoms with Gasteiger partial charge in [-0.1, -0.05) is 0 Å². The van der Waals surface area contributed by atoms with Crippen molar-refractivity contribution in [3.05, 3.63) is 0 Å². The summed E-state index contributed by atoms with van der Waals surface area (Å²) in [7, 11) is 0. The number of amides is 2. The Morgan fingerprint density at radius 3 is 1.50 bits per heavy atom. The quantitative estimate of drug-likeness (QED) is 0.0382. The van der Waals surface area contributed by atoms with Crippen molar-refractivity contribution in [1.82, 2.24) is 10.6 Å². The first-order valence-corrected chi connectivity index (χ1v) is 27.9. The smallest absolute Gasteiger partial charge is 0.364 e.